The molecule has 7 nitrogen and oxygen atoms in total. The van der Waals surface area contributed by atoms with Gasteiger partial charge in [0.05, 0.1) is 23.2 Å². The van der Waals surface area contributed by atoms with Gasteiger partial charge in [0.15, 0.2) is 5.56 Å². The van der Waals surface area contributed by atoms with Crippen LogP contribution in [0, 0.1) is 10.1 Å². The number of nitrogens with one attached hydrogen (secondary N) is 1. The molecule has 1 aromatic rings. The molecule has 0 aliphatic rings. The predicted octanol–water partition coefficient (Wildman–Crippen LogP) is 1.88. The fourth-order valence-electron chi connectivity index (χ4n) is 1.57. The zero-order valence-corrected chi connectivity index (χ0v) is 12.8. The van der Waals surface area contributed by atoms with E-state index in [-0.39, 0.29) is 17.0 Å². The molecule has 1 rings (SSSR count). The van der Waals surface area contributed by atoms with Gasteiger partial charge in [-0.2, -0.15) is 0 Å². The Labute approximate surface area is 123 Å². The summed E-state index contributed by atoms with van der Waals surface area (Å²) in [5.41, 5.74) is -2.71. The molecule has 21 heavy (non-hydrogen) atoms. The summed E-state index contributed by atoms with van der Waals surface area (Å²) in [5.74, 6) is -0.570. The second-order valence-corrected chi connectivity index (χ2v) is 5.75. The van der Waals surface area contributed by atoms with Crippen LogP contribution in [0.2, 0.25) is 0 Å². The Morgan fingerprint density at radius 1 is 1.33 bits per heavy atom. The summed E-state index contributed by atoms with van der Waals surface area (Å²) in [6.07, 6.45) is 0. The first kappa shape index (κ1) is 16.9. The van der Waals surface area contributed by atoms with Crippen molar-refractivity contribution in [1.29, 1.82) is 0 Å². The zero-order chi connectivity index (χ0) is 16.4. The van der Waals surface area contributed by atoms with Crippen LogP contribution in [0.4, 0.5) is 5.69 Å². The number of hydrogen-bond acceptors (Lipinski definition) is 5. The molecule has 2 N–H and O–H groups in total. The molecule has 0 spiro atoms. The fourth-order valence-corrected chi connectivity index (χ4v) is 1.57. The van der Waals surface area contributed by atoms with Gasteiger partial charge in [0.2, 0.25) is 0 Å². The van der Waals surface area contributed by atoms with Crippen LogP contribution in [0.1, 0.15) is 38.1 Å². The summed E-state index contributed by atoms with van der Waals surface area (Å²) in [4.78, 5) is 22.8. The first-order valence-electron chi connectivity index (χ1n) is 6.37. The highest BCUT2D eigenvalue weighted by molar-refractivity contribution is 6.01. The Kier molecular flexibility index (Phi) is 4.58. The number of benzene rings is 1. The quantitative estimate of drug-likeness (QED) is 0.638. The number of nitrogens with zero attached hydrogens (tertiary/aromatic N) is 1. The summed E-state index contributed by atoms with van der Waals surface area (Å²) >= 11 is 0. The minimum Gasteiger partial charge on any atom is -0.496 e. The third-order valence-corrected chi connectivity index (χ3v) is 3.60. The van der Waals surface area contributed by atoms with Crippen LogP contribution in [0.5, 0.6) is 5.75 Å². The van der Waals surface area contributed by atoms with Gasteiger partial charge < -0.3 is 15.2 Å². The van der Waals surface area contributed by atoms with Gasteiger partial charge >= 0.3 is 0 Å². The predicted molar refractivity (Wildman–Crippen MR) is 77.5 cm³/mol. The van der Waals surface area contributed by atoms with Gasteiger partial charge in [-0.25, -0.2) is 0 Å². The van der Waals surface area contributed by atoms with E-state index in [9.17, 15) is 20.0 Å². The summed E-state index contributed by atoms with van der Waals surface area (Å²) in [5, 5.41) is 23.8. The fraction of sp³-hybridized carbons (Fsp3) is 0.500. The highest BCUT2D eigenvalue weighted by atomic mass is 16.6. The number of amides is 1. The number of nitro groups is 1. The van der Waals surface area contributed by atoms with Crippen molar-refractivity contribution in [3.8, 4) is 5.75 Å². The van der Waals surface area contributed by atoms with Crippen LogP contribution in [-0.4, -0.2) is 34.2 Å². The van der Waals surface area contributed by atoms with Gasteiger partial charge in [-0.3, -0.25) is 14.9 Å². The average molecular weight is 296 g/mol. The SMILES string of the molecule is COc1cccc([N+](=O)[O-])c1C(=O)NC(C)(C)C(C)(C)O. The lowest BCUT2D eigenvalue weighted by molar-refractivity contribution is -0.385. The molecule has 116 valence electrons. The van der Waals surface area contributed by atoms with Crippen molar-refractivity contribution < 1.29 is 19.6 Å². The molecule has 0 saturated carbocycles. The van der Waals surface area contributed by atoms with Crippen LogP contribution in [0.3, 0.4) is 0 Å². The van der Waals surface area contributed by atoms with Crippen LogP contribution in [0.15, 0.2) is 18.2 Å². The summed E-state index contributed by atoms with van der Waals surface area (Å²) in [7, 11) is 1.33. The van der Waals surface area contributed by atoms with Crippen molar-refractivity contribution >= 4 is 11.6 Å². The lowest BCUT2D eigenvalue weighted by Crippen LogP contribution is -2.57. The number of carbonyl (C=O) groups excluding carboxylic acids is 1. The normalized spacial score (nSPS) is 11.9. The molecule has 7 heteroatoms. The first-order valence-corrected chi connectivity index (χ1v) is 6.37. The van der Waals surface area contributed by atoms with E-state index in [1.807, 2.05) is 0 Å². The van der Waals surface area contributed by atoms with Crippen molar-refractivity contribution in [2.75, 3.05) is 7.11 Å². The molecule has 0 aromatic heterocycles. The Morgan fingerprint density at radius 2 is 1.90 bits per heavy atom. The Hall–Kier alpha value is -2.15. The second kappa shape index (κ2) is 5.69. The van der Waals surface area contributed by atoms with E-state index < -0.39 is 22.0 Å². The maximum absolute atomic E-state index is 12.4. The number of carbonyl (C=O) groups is 1. The molecule has 0 bridgehead atoms. The minimum absolute atomic E-state index is 0.105. The van der Waals surface area contributed by atoms with Crippen molar-refractivity contribution in [2.24, 2.45) is 0 Å². The van der Waals surface area contributed by atoms with E-state index in [0.29, 0.717) is 0 Å². The minimum atomic E-state index is -1.21. The van der Waals surface area contributed by atoms with Gasteiger partial charge in [-0.1, -0.05) is 6.07 Å². The molecule has 0 radical (unpaired) electrons. The lowest BCUT2D eigenvalue weighted by atomic mass is 9.85. The van der Waals surface area contributed by atoms with Crippen molar-refractivity contribution in [3.63, 3.8) is 0 Å². The molecule has 0 unspecified atom stereocenters. The third-order valence-electron chi connectivity index (χ3n) is 3.60. The van der Waals surface area contributed by atoms with Crippen LogP contribution < -0.4 is 10.1 Å². The zero-order valence-electron chi connectivity index (χ0n) is 12.8. The standard InChI is InChI=1S/C14H20N2O5/c1-13(2,14(3,4)18)15-12(17)11-9(16(19)20)7-6-8-10(11)21-5/h6-8,18H,1-5H3,(H,15,17). The van der Waals surface area contributed by atoms with Crippen LogP contribution in [0.25, 0.3) is 0 Å². The van der Waals surface area contributed by atoms with E-state index in [1.54, 1.807) is 27.7 Å². The number of hydrogen-bond donors (Lipinski definition) is 2. The molecule has 0 atom stereocenters. The monoisotopic (exact) mass is 296 g/mol. The third kappa shape index (κ3) is 3.49. The molecule has 0 aliphatic heterocycles. The summed E-state index contributed by atoms with van der Waals surface area (Å²) in [6, 6.07) is 4.14. The molecule has 1 amide bonds. The van der Waals surface area contributed by atoms with E-state index in [1.165, 1.54) is 25.3 Å². The van der Waals surface area contributed by atoms with Gasteiger partial charge in [-0.05, 0) is 33.8 Å². The van der Waals surface area contributed by atoms with Crippen LogP contribution in [-0.2, 0) is 0 Å². The highest BCUT2D eigenvalue weighted by Gasteiger charge is 2.38. The average Bonchev–Trinajstić information content (AvgIpc) is 2.35. The Balaban J connectivity index is 3.28. The molecule has 0 fully saturated rings. The summed E-state index contributed by atoms with van der Waals surface area (Å²) in [6.45, 7) is 6.35. The molecule has 0 aliphatic carbocycles. The number of rotatable bonds is 5. The topological polar surface area (TPSA) is 102 Å². The van der Waals surface area contributed by atoms with Gasteiger partial charge in [0.25, 0.3) is 11.6 Å². The van der Waals surface area contributed by atoms with Crippen LogP contribution >= 0.6 is 0 Å². The second-order valence-electron chi connectivity index (χ2n) is 5.75. The van der Waals surface area contributed by atoms with Gasteiger partial charge in [0, 0.05) is 6.07 Å². The largest absolute Gasteiger partial charge is 0.496 e. The number of ether oxygens (including phenoxy) is 1. The summed E-state index contributed by atoms with van der Waals surface area (Å²) < 4.78 is 5.03. The smallest absolute Gasteiger partial charge is 0.285 e. The molecular weight excluding hydrogens is 276 g/mol. The van der Waals surface area contributed by atoms with Crippen molar-refractivity contribution in [1.82, 2.24) is 5.32 Å². The molecule has 0 saturated heterocycles. The van der Waals surface area contributed by atoms with E-state index in [0.717, 1.165) is 0 Å². The van der Waals surface area contributed by atoms with E-state index >= 15 is 0 Å². The number of methoxy groups -OCH3 is 1. The van der Waals surface area contributed by atoms with Crippen molar-refractivity contribution in [3.05, 3.63) is 33.9 Å². The lowest BCUT2D eigenvalue weighted by Gasteiger charge is -2.38. The maximum Gasteiger partial charge on any atom is 0.285 e. The first-order chi connectivity index (χ1) is 9.51. The Morgan fingerprint density at radius 3 is 2.33 bits per heavy atom. The number of aliphatic hydroxyl groups is 1. The van der Waals surface area contributed by atoms with Gasteiger partial charge in [-0.15, -0.1) is 0 Å². The van der Waals surface area contributed by atoms with E-state index in [4.69, 9.17) is 4.74 Å². The van der Waals surface area contributed by atoms with Gasteiger partial charge in [0.1, 0.15) is 5.75 Å². The molecular formula is C14H20N2O5. The molecule has 1 aromatic carbocycles. The van der Waals surface area contributed by atoms with E-state index in [2.05, 4.69) is 5.32 Å². The highest BCUT2D eigenvalue weighted by Crippen LogP contribution is 2.29. The molecule has 0 heterocycles. The Bertz CT molecular complexity index is 561. The van der Waals surface area contributed by atoms with Crippen molar-refractivity contribution in [2.45, 2.75) is 38.8 Å². The number of nitro benzene ring substituents is 1. The maximum atomic E-state index is 12.4.